The molecule has 0 bridgehead atoms. The van der Waals surface area contributed by atoms with Gasteiger partial charge in [-0.25, -0.2) is 9.59 Å². The molecular formula is C35H57N3O5. The zero-order valence-corrected chi connectivity index (χ0v) is 27.7. The Labute approximate surface area is 259 Å². The third-order valence-electron chi connectivity index (χ3n) is 9.03. The van der Waals surface area contributed by atoms with Crippen LogP contribution in [0.4, 0.5) is 11.4 Å². The number of carboxylic acids is 2. The van der Waals surface area contributed by atoms with Gasteiger partial charge in [-0.1, -0.05) is 77.6 Å². The number of aliphatic carboxylic acids is 2. The SMILES string of the molecule is CCCCCCCCCCCCCC(Cc1c(N)cc(N)cc1C1(C)C(C(=O)O)=C(C)N(C)C(C)=C1C(=O)O)OC(C)C. The Hall–Kier alpha value is -3.00. The second-order valence-corrected chi connectivity index (χ2v) is 12.7. The second-order valence-electron chi connectivity index (χ2n) is 12.7. The van der Waals surface area contributed by atoms with Crippen molar-refractivity contribution in [2.45, 2.75) is 143 Å². The number of hydrogen-bond donors (Lipinski definition) is 4. The molecule has 2 rings (SSSR count). The van der Waals surface area contributed by atoms with Crippen molar-refractivity contribution in [2.24, 2.45) is 0 Å². The number of hydrogen-bond acceptors (Lipinski definition) is 6. The minimum Gasteiger partial charge on any atom is -0.478 e. The van der Waals surface area contributed by atoms with Gasteiger partial charge in [0.2, 0.25) is 0 Å². The summed E-state index contributed by atoms with van der Waals surface area (Å²) in [5.41, 5.74) is 14.3. The fraction of sp³-hybridized carbons (Fsp3) is 0.657. The number of nitrogen functional groups attached to an aromatic ring is 2. The smallest absolute Gasteiger partial charge is 0.334 e. The highest BCUT2D eigenvalue weighted by atomic mass is 16.5. The molecule has 0 aliphatic carbocycles. The Bertz CT molecular complexity index is 1130. The normalized spacial score (nSPS) is 15.9. The lowest BCUT2D eigenvalue weighted by Crippen LogP contribution is -2.44. The van der Waals surface area contributed by atoms with Crippen molar-refractivity contribution in [3.63, 3.8) is 0 Å². The van der Waals surface area contributed by atoms with E-state index in [0.717, 1.165) is 19.3 Å². The molecule has 1 atom stereocenters. The molecule has 242 valence electrons. The van der Waals surface area contributed by atoms with Crippen molar-refractivity contribution in [2.75, 3.05) is 18.5 Å². The summed E-state index contributed by atoms with van der Waals surface area (Å²) in [5.74, 6) is -2.36. The molecule has 0 fully saturated rings. The molecule has 1 heterocycles. The van der Waals surface area contributed by atoms with Gasteiger partial charge in [0.25, 0.3) is 0 Å². The Kier molecular flexibility index (Phi) is 14.1. The Morgan fingerprint density at radius 3 is 1.77 bits per heavy atom. The third-order valence-corrected chi connectivity index (χ3v) is 9.03. The zero-order chi connectivity index (χ0) is 32.3. The van der Waals surface area contributed by atoms with E-state index in [9.17, 15) is 19.8 Å². The van der Waals surface area contributed by atoms with Crippen LogP contribution in [0.1, 0.15) is 130 Å². The van der Waals surface area contributed by atoms with Gasteiger partial charge in [0, 0.05) is 36.2 Å². The average Bonchev–Trinajstić information content (AvgIpc) is 2.91. The van der Waals surface area contributed by atoms with Crippen LogP contribution in [0.3, 0.4) is 0 Å². The largest absolute Gasteiger partial charge is 0.478 e. The van der Waals surface area contributed by atoms with Gasteiger partial charge in [-0.3, -0.25) is 0 Å². The molecule has 1 aliphatic heterocycles. The molecule has 43 heavy (non-hydrogen) atoms. The third kappa shape index (κ3) is 9.24. The second kappa shape index (κ2) is 16.7. The lowest BCUT2D eigenvalue weighted by molar-refractivity contribution is -0.134. The van der Waals surface area contributed by atoms with E-state index in [1.807, 2.05) is 13.8 Å². The molecule has 8 heteroatoms. The average molecular weight is 600 g/mol. The van der Waals surface area contributed by atoms with Crippen LogP contribution in [-0.4, -0.2) is 46.3 Å². The quantitative estimate of drug-likeness (QED) is 0.0932. The molecule has 0 radical (unpaired) electrons. The molecule has 0 aromatic heterocycles. The number of carboxylic acid groups (broad SMARTS) is 2. The van der Waals surface area contributed by atoms with Gasteiger partial charge in [0.1, 0.15) is 0 Å². The number of benzene rings is 1. The van der Waals surface area contributed by atoms with Gasteiger partial charge in [-0.15, -0.1) is 0 Å². The standard InChI is InChI=1S/C35H57N3O5/c1-8-9-10-11-12-13-14-15-16-17-18-19-27(43-23(2)3)22-28-29(20-26(36)21-30(28)37)35(6)31(33(39)40)24(4)38(7)25(5)32(35)34(41)42/h20-21,23,27H,8-19,22,36-37H2,1-7H3,(H,39,40)(H,41,42). The van der Waals surface area contributed by atoms with E-state index in [1.54, 1.807) is 44.9 Å². The minimum absolute atomic E-state index is 0.00376. The number of anilines is 2. The summed E-state index contributed by atoms with van der Waals surface area (Å²) >= 11 is 0. The van der Waals surface area contributed by atoms with Crippen molar-refractivity contribution >= 4 is 23.3 Å². The predicted molar refractivity (Wildman–Crippen MR) is 176 cm³/mol. The molecule has 0 saturated heterocycles. The van der Waals surface area contributed by atoms with Crippen molar-refractivity contribution in [1.82, 2.24) is 4.90 Å². The highest BCUT2D eigenvalue weighted by molar-refractivity contribution is 6.01. The van der Waals surface area contributed by atoms with Gasteiger partial charge in [-0.05, 0) is 64.3 Å². The number of ether oxygens (including phenoxy) is 1. The number of nitrogens with two attached hydrogens (primary N) is 2. The van der Waals surface area contributed by atoms with Gasteiger partial charge in [-0.2, -0.15) is 0 Å². The van der Waals surface area contributed by atoms with Crippen LogP contribution in [0.2, 0.25) is 0 Å². The number of unbranched alkanes of at least 4 members (excludes halogenated alkanes) is 10. The summed E-state index contributed by atoms with van der Waals surface area (Å²) in [6.45, 7) is 11.3. The van der Waals surface area contributed by atoms with Crippen molar-refractivity contribution < 1.29 is 24.5 Å². The molecule has 8 nitrogen and oxygen atoms in total. The van der Waals surface area contributed by atoms with Crippen LogP contribution in [0.25, 0.3) is 0 Å². The Morgan fingerprint density at radius 2 is 1.33 bits per heavy atom. The minimum atomic E-state index is -1.49. The highest BCUT2D eigenvalue weighted by Crippen LogP contribution is 2.49. The van der Waals surface area contributed by atoms with E-state index in [2.05, 4.69) is 6.92 Å². The zero-order valence-electron chi connectivity index (χ0n) is 27.7. The van der Waals surface area contributed by atoms with Crippen LogP contribution in [-0.2, 0) is 26.2 Å². The molecule has 1 aromatic rings. The first-order valence-corrected chi connectivity index (χ1v) is 16.2. The molecule has 6 N–H and O–H groups in total. The lowest BCUT2D eigenvalue weighted by atomic mass is 9.65. The van der Waals surface area contributed by atoms with E-state index in [-0.39, 0.29) is 23.4 Å². The molecule has 0 amide bonds. The number of nitrogens with zero attached hydrogens (tertiary/aromatic N) is 1. The van der Waals surface area contributed by atoms with Crippen LogP contribution in [0, 0.1) is 0 Å². The lowest BCUT2D eigenvalue weighted by Gasteiger charge is -2.43. The van der Waals surface area contributed by atoms with Crippen LogP contribution in [0.15, 0.2) is 34.7 Å². The molecular weight excluding hydrogens is 542 g/mol. The monoisotopic (exact) mass is 599 g/mol. The van der Waals surface area contributed by atoms with E-state index in [0.29, 0.717) is 40.3 Å². The molecule has 0 saturated carbocycles. The maximum Gasteiger partial charge on any atom is 0.334 e. The topological polar surface area (TPSA) is 139 Å². The van der Waals surface area contributed by atoms with Crippen LogP contribution < -0.4 is 11.5 Å². The summed E-state index contributed by atoms with van der Waals surface area (Å²) in [6, 6.07) is 3.36. The molecule has 1 aliphatic rings. The molecule has 1 unspecified atom stereocenters. The van der Waals surface area contributed by atoms with E-state index >= 15 is 0 Å². The fourth-order valence-corrected chi connectivity index (χ4v) is 6.70. The first-order valence-electron chi connectivity index (χ1n) is 16.2. The maximum atomic E-state index is 12.8. The van der Waals surface area contributed by atoms with Crippen LogP contribution >= 0.6 is 0 Å². The molecule has 1 aromatic carbocycles. The van der Waals surface area contributed by atoms with Crippen molar-refractivity contribution in [3.05, 3.63) is 45.8 Å². The summed E-state index contributed by atoms with van der Waals surface area (Å²) in [7, 11) is 1.69. The summed E-state index contributed by atoms with van der Waals surface area (Å²) in [6.07, 6.45) is 14.9. The fourth-order valence-electron chi connectivity index (χ4n) is 6.70. The van der Waals surface area contributed by atoms with Crippen molar-refractivity contribution in [3.8, 4) is 0 Å². The van der Waals surface area contributed by atoms with Crippen molar-refractivity contribution in [1.29, 1.82) is 0 Å². The maximum absolute atomic E-state index is 12.8. The van der Waals surface area contributed by atoms with Gasteiger partial charge in [0.05, 0.1) is 28.8 Å². The van der Waals surface area contributed by atoms with E-state index in [1.165, 1.54) is 57.8 Å². The van der Waals surface area contributed by atoms with E-state index < -0.39 is 17.4 Å². The summed E-state index contributed by atoms with van der Waals surface area (Å²) in [5, 5.41) is 20.8. The number of allylic oxidation sites excluding steroid dienone is 2. The Balaban J connectivity index is 2.33. The van der Waals surface area contributed by atoms with Gasteiger partial charge in [0.15, 0.2) is 0 Å². The molecule has 0 spiro atoms. The van der Waals surface area contributed by atoms with Gasteiger partial charge >= 0.3 is 11.9 Å². The first kappa shape index (κ1) is 36.2. The first-order chi connectivity index (χ1) is 20.3. The van der Waals surface area contributed by atoms with Crippen LogP contribution in [0.5, 0.6) is 0 Å². The summed E-state index contributed by atoms with van der Waals surface area (Å²) < 4.78 is 6.36. The number of carbonyl (C=O) groups is 2. The van der Waals surface area contributed by atoms with E-state index in [4.69, 9.17) is 16.2 Å². The highest BCUT2D eigenvalue weighted by Gasteiger charge is 2.49. The Morgan fingerprint density at radius 1 is 0.860 bits per heavy atom. The summed E-state index contributed by atoms with van der Waals surface area (Å²) in [4.78, 5) is 27.2. The predicted octanol–water partition coefficient (Wildman–Crippen LogP) is 7.81. The number of rotatable bonds is 19. The van der Waals surface area contributed by atoms with Gasteiger partial charge < -0.3 is 31.3 Å².